The summed E-state index contributed by atoms with van der Waals surface area (Å²) >= 11 is 12.0. The molecule has 0 aliphatic carbocycles. The third-order valence-corrected chi connectivity index (χ3v) is 6.63. The van der Waals surface area contributed by atoms with Crippen molar-refractivity contribution in [1.82, 2.24) is 0 Å². The van der Waals surface area contributed by atoms with Crippen molar-refractivity contribution >= 4 is 33.3 Å². The van der Waals surface area contributed by atoms with E-state index in [0.717, 1.165) is 24.0 Å². The van der Waals surface area contributed by atoms with Crippen LogP contribution in [0.2, 0.25) is 0 Å². The van der Waals surface area contributed by atoms with E-state index in [0.29, 0.717) is 23.3 Å². The highest BCUT2D eigenvalue weighted by atomic mass is 35.5. The van der Waals surface area contributed by atoms with E-state index >= 15 is 0 Å². The summed E-state index contributed by atoms with van der Waals surface area (Å²) in [6.07, 6.45) is 1.98. The van der Waals surface area contributed by atoms with Crippen LogP contribution in [0.25, 0.3) is 10.1 Å². The molecule has 2 atom stereocenters. The molecule has 0 saturated heterocycles. The smallest absolute Gasteiger partial charge is 0.0560 e. The summed E-state index contributed by atoms with van der Waals surface area (Å²) in [5, 5.41) is 1.13. The van der Waals surface area contributed by atoms with Gasteiger partial charge in [0.15, 0.2) is 0 Å². The van der Waals surface area contributed by atoms with Gasteiger partial charge in [0.2, 0.25) is 0 Å². The van der Waals surface area contributed by atoms with Crippen molar-refractivity contribution in [2.45, 2.75) is 51.4 Å². The number of hydrogen-bond acceptors (Lipinski definition) is 1. The van der Waals surface area contributed by atoms with Crippen LogP contribution in [0.5, 0.6) is 0 Å². The predicted molar refractivity (Wildman–Crippen MR) is 129 cm³/mol. The molecule has 2 aromatic carbocycles. The lowest BCUT2D eigenvalue weighted by Gasteiger charge is -2.33. The van der Waals surface area contributed by atoms with Crippen molar-refractivity contribution in [3.63, 3.8) is 0 Å². The van der Waals surface area contributed by atoms with Gasteiger partial charge in [0, 0.05) is 20.9 Å². The maximum absolute atomic E-state index is 6.32. The van der Waals surface area contributed by atoms with E-state index in [1.54, 1.807) is 0 Å². The van der Waals surface area contributed by atoms with Gasteiger partial charge in [-0.25, -0.2) is 0 Å². The number of benzene rings is 2. The highest BCUT2D eigenvalue weighted by molar-refractivity contribution is 6.48. The lowest BCUT2D eigenvalue weighted by molar-refractivity contribution is 0.0510. The van der Waals surface area contributed by atoms with Crippen LogP contribution >= 0.6 is 23.2 Å². The van der Waals surface area contributed by atoms with Crippen LogP contribution in [0, 0.1) is 0 Å². The Bertz CT molecular complexity index is 767. The second-order valence-electron chi connectivity index (χ2n) is 8.29. The molecule has 2 rings (SSSR count). The predicted octanol–water partition coefficient (Wildman–Crippen LogP) is 8.16. The number of hydrogen-bond donors (Lipinski definition) is 0. The molecule has 2 aromatic rings. The topological polar surface area (TPSA) is 9.23 Å². The molecule has 0 bridgehead atoms. The Balaban J connectivity index is 2.10. The highest BCUT2D eigenvalue weighted by Gasteiger charge is 2.29. The average molecular weight is 431 g/mol. The molecule has 0 saturated carbocycles. The van der Waals surface area contributed by atoms with Crippen molar-refractivity contribution in [3.05, 3.63) is 83.9 Å². The van der Waals surface area contributed by atoms with E-state index in [4.69, 9.17) is 27.9 Å². The van der Waals surface area contributed by atoms with E-state index in [1.165, 1.54) is 11.1 Å². The summed E-state index contributed by atoms with van der Waals surface area (Å²) < 4.78 is 6.32. The molecule has 0 aliphatic heterocycles. The molecule has 0 aromatic heterocycles. The second-order valence-corrected chi connectivity index (χ2v) is 9.20. The van der Waals surface area contributed by atoms with Crippen molar-refractivity contribution in [2.75, 3.05) is 13.2 Å². The molecule has 0 aliphatic rings. The Morgan fingerprint density at radius 2 is 1.03 bits per heavy atom. The first-order valence-electron chi connectivity index (χ1n) is 10.1. The fourth-order valence-corrected chi connectivity index (χ4v) is 3.64. The monoisotopic (exact) mass is 430 g/mol. The Morgan fingerprint density at radius 1 is 0.724 bits per heavy atom. The van der Waals surface area contributed by atoms with Gasteiger partial charge in [-0.2, -0.15) is 0 Å². The van der Waals surface area contributed by atoms with Gasteiger partial charge in [-0.1, -0.05) is 113 Å². The van der Waals surface area contributed by atoms with Crippen molar-refractivity contribution in [1.29, 1.82) is 0 Å². The highest BCUT2D eigenvalue weighted by Crippen LogP contribution is 2.33. The summed E-state index contributed by atoms with van der Waals surface area (Å²) in [5.41, 5.74) is 4.31. The number of rotatable bonds is 10. The fourth-order valence-electron chi connectivity index (χ4n) is 3.39. The average Bonchev–Trinajstić information content (AvgIpc) is 2.73. The number of halogens is 2. The van der Waals surface area contributed by atoms with Gasteiger partial charge in [-0.15, -0.1) is 0 Å². The van der Waals surface area contributed by atoms with Gasteiger partial charge in [0.05, 0.1) is 13.2 Å². The number of ether oxygens (including phenoxy) is 1. The largest absolute Gasteiger partial charge is 0.380 e. The van der Waals surface area contributed by atoms with E-state index in [-0.39, 0.29) is 10.8 Å². The van der Waals surface area contributed by atoms with E-state index in [1.807, 2.05) is 24.3 Å². The van der Waals surface area contributed by atoms with Crippen LogP contribution in [-0.4, -0.2) is 13.2 Å². The first-order valence-corrected chi connectivity index (χ1v) is 10.9. The molecule has 0 N–H and O–H groups in total. The molecule has 0 heterocycles. The van der Waals surface area contributed by atoms with E-state index < -0.39 is 0 Å². The Hall–Kier alpha value is -1.54. The van der Waals surface area contributed by atoms with Crippen LogP contribution in [0.3, 0.4) is 0 Å². The summed E-state index contributed by atoms with van der Waals surface area (Å²) in [4.78, 5) is 0. The van der Waals surface area contributed by atoms with Crippen LogP contribution in [0.15, 0.2) is 61.7 Å². The van der Waals surface area contributed by atoms with Gasteiger partial charge in [0.1, 0.15) is 0 Å². The van der Waals surface area contributed by atoms with Crippen molar-refractivity contribution in [2.24, 2.45) is 0 Å². The van der Waals surface area contributed by atoms with E-state index in [9.17, 15) is 0 Å². The summed E-state index contributed by atoms with van der Waals surface area (Å²) in [7, 11) is 0. The molecule has 156 valence electrons. The van der Waals surface area contributed by atoms with Gasteiger partial charge >= 0.3 is 0 Å². The summed E-state index contributed by atoms with van der Waals surface area (Å²) in [6, 6.07) is 16.6. The first-order chi connectivity index (χ1) is 13.6. The first kappa shape index (κ1) is 23.7. The van der Waals surface area contributed by atoms with Crippen LogP contribution < -0.4 is 0 Å². The van der Waals surface area contributed by atoms with Crippen LogP contribution in [-0.2, 0) is 15.6 Å². The molecule has 0 radical (unpaired) electrons. The quantitative estimate of drug-likeness (QED) is 0.369. The Labute approximate surface area is 186 Å². The summed E-state index contributed by atoms with van der Waals surface area (Å²) in [5.74, 6) is 0. The second kappa shape index (κ2) is 9.98. The van der Waals surface area contributed by atoms with Gasteiger partial charge in [0.25, 0.3) is 0 Å². The molecule has 0 amide bonds. The standard InChI is InChI=1S/C26H32Cl2O/c1-7-25(5,23-13-9-21(10-14-23)19(3)27)17-29-18-26(6,8-2)24-15-11-22(12-16-24)20(4)28/h9-16H,3-4,7-8,17-18H2,1-2,5-6H3. The lowest BCUT2D eigenvalue weighted by atomic mass is 9.79. The fraction of sp³-hybridized carbons (Fsp3) is 0.385. The third kappa shape index (κ3) is 5.75. The molecule has 29 heavy (non-hydrogen) atoms. The minimum Gasteiger partial charge on any atom is -0.380 e. The zero-order valence-electron chi connectivity index (χ0n) is 18.0. The third-order valence-electron chi connectivity index (χ3n) is 6.19. The van der Waals surface area contributed by atoms with E-state index in [2.05, 4.69) is 65.1 Å². The van der Waals surface area contributed by atoms with Crippen LogP contribution in [0.1, 0.15) is 62.8 Å². The molecule has 3 heteroatoms. The lowest BCUT2D eigenvalue weighted by Crippen LogP contribution is -2.33. The molecular formula is C26H32Cl2O. The SMILES string of the molecule is C=C(Cl)c1ccc(C(C)(CC)COCC(C)(CC)c2ccc(C(=C)Cl)cc2)cc1. The molecular weight excluding hydrogens is 399 g/mol. The van der Waals surface area contributed by atoms with Crippen molar-refractivity contribution in [3.8, 4) is 0 Å². The maximum atomic E-state index is 6.32. The van der Waals surface area contributed by atoms with Gasteiger partial charge in [-0.3, -0.25) is 0 Å². The minimum absolute atomic E-state index is 0.0545. The summed E-state index contributed by atoms with van der Waals surface area (Å²) in [6.45, 7) is 17.8. The molecule has 0 fully saturated rings. The normalized spacial score (nSPS) is 15.4. The molecule has 0 spiro atoms. The Morgan fingerprint density at radius 3 is 1.28 bits per heavy atom. The molecule has 1 nitrogen and oxygen atoms in total. The van der Waals surface area contributed by atoms with Crippen LogP contribution in [0.4, 0.5) is 0 Å². The van der Waals surface area contributed by atoms with Gasteiger partial charge < -0.3 is 4.74 Å². The zero-order chi connectivity index (χ0) is 21.7. The van der Waals surface area contributed by atoms with Gasteiger partial charge in [-0.05, 0) is 35.1 Å². The Kier molecular flexibility index (Phi) is 8.17. The maximum Gasteiger partial charge on any atom is 0.0560 e. The molecule has 2 unspecified atom stereocenters. The minimum atomic E-state index is -0.0545. The zero-order valence-corrected chi connectivity index (χ0v) is 19.5. The van der Waals surface area contributed by atoms with Crippen molar-refractivity contribution < 1.29 is 4.74 Å².